The van der Waals surface area contributed by atoms with E-state index in [9.17, 15) is 4.79 Å². The van der Waals surface area contributed by atoms with Gasteiger partial charge in [0.15, 0.2) is 11.5 Å². The molecule has 0 radical (unpaired) electrons. The van der Waals surface area contributed by atoms with Gasteiger partial charge in [-0.2, -0.15) is 0 Å². The molecule has 1 N–H and O–H groups in total. The van der Waals surface area contributed by atoms with Crippen LogP contribution in [0.25, 0.3) is 10.9 Å². The molecule has 1 saturated heterocycles. The number of carbonyl (C=O) groups is 1. The predicted octanol–water partition coefficient (Wildman–Crippen LogP) is 4.23. The zero-order valence-electron chi connectivity index (χ0n) is 17.2. The summed E-state index contributed by atoms with van der Waals surface area (Å²) in [4.78, 5) is 23.3. The number of likely N-dealkylation sites (tertiary alicyclic amines) is 1. The predicted molar refractivity (Wildman–Crippen MR) is 123 cm³/mol. The fourth-order valence-electron chi connectivity index (χ4n) is 3.64. The lowest BCUT2D eigenvalue weighted by molar-refractivity contribution is -0.127. The molecule has 7 nitrogen and oxygen atoms in total. The van der Waals surface area contributed by atoms with E-state index in [1.54, 1.807) is 12.0 Å². The van der Waals surface area contributed by atoms with Crippen LogP contribution in [0.3, 0.4) is 0 Å². The van der Waals surface area contributed by atoms with E-state index in [1.165, 1.54) is 12.4 Å². The molecule has 160 valence electrons. The summed E-state index contributed by atoms with van der Waals surface area (Å²) in [6, 6.07) is 11.5. The number of aromatic nitrogens is 2. The molecule has 0 aliphatic carbocycles. The summed E-state index contributed by atoms with van der Waals surface area (Å²) < 4.78 is 11.8. The number of methoxy groups -OCH3 is 1. The van der Waals surface area contributed by atoms with Crippen molar-refractivity contribution in [2.75, 3.05) is 25.5 Å². The lowest BCUT2D eigenvalue weighted by atomic mass is 10.1. The van der Waals surface area contributed by atoms with E-state index in [2.05, 4.69) is 34.5 Å². The Morgan fingerprint density at radius 2 is 2.03 bits per heavy atom. The van der Waals surface area contributed by atoms with Crippen LogP contribution in [-0.2, 0) is 4.79 Å². The molecule has 2 heterocycles. The maximum Gasteiger partial charge on any atom is 0.245 e. The van der Waals surface area contributed by atoms with Crippen LogP contribution in [0, 0.1) is 0 Å². The van der Waals surface area contributed by atoms with Crippen molar-refractivity contribution in [2.45, 2.75) is 23.8 Å². The molecule has 1 aliphatic rings. The molecule has 0 spiro atoms. The molecule has 1 amide bonds. The number of amides is 1. The van der Waals surface area contributed by atoms with E-state index < -0.39 is 0 Å². The Hall–Kier alpha value is -3.26. The highest BCUT2D eigenvalue weighted by Crippen LogP contribution is 2.36. The number of fused-ring (bicyclic) bond motifs is 1. The minimum Gasteiger partial charge on any atom is -0.493 e. The highest BCUT2D eigenvalue weighted by molar-refractivity contribution is 7.80. The van der Waals surface area contributed by atoms with Crippen LogP contribution in [-0.4, -0.2) is 47.1 Å². The normalized spacial score (nSPS) is 14.3. The second-order valence-electron chi connectivity index (χ2n) is 7.26. The number of ether oxygens (including phenoxy) is 2. The van der Waals surface area contributed by atoms with Crippen LogP contribution in [0.4, 0.5) is 11.5 Å². The van der Waals surface area contributed by atoms with Crippen molar-refractivity contribution in [3.63, 3.8) is 0 Å². The summed E-state index contributed by atoms with van der Waals surface area (Å²) >= 11 is 4.40. The van der Waals surface area contributed by atoms with Gasteiger partial charge in [-0.05, 0) is 30.3 Å². The van der Waals surface area contributed by atoms with E-state index in [0.717, 1.165) is 34.3 Å². The zero-order valence-corrected chi connectivity index (χ0v) is 18.1. The van der Waals surface area contributed by atoms with Gasteiger partial charge in [0.1, 0.15) is 18.2 Å². The van der Waals surface area contributed by atoms with Crippen molar-refractivity contribution in [1.29, 1.82) is 0 Å². The topological polar surface area (TPSA) is 76.6 Å². The van der Waals surface area contributed by atoms with E-state index in [1.807, 2.05) is 36.4 Å². The van der Waals surface area contributed by atoms with Gasteiger partial charge in [0.05, 0.1) is 12.6 Å². The average molecular weight is 437 g/mol. The minimum atomic E-state index is -0.0418. The first-order chi connectivity index (χ1) is 15.1. The van der Waals surface area contributed by atoms with Gasteiger partial charge in [-0.25, -0.2) is 9.97 Å². The van der Waals surface area contributed by atoms with Gasteiger partial charge in [0, 0.05) is 48.0 Å². The van der Waals surface area contributed by atoms with Crippen molar-refractivity contribution in [3.8, 4) is 11.5 Å². The molecule has 1 aromatic heterocycles. The Bertz CT molecular complexity index is 1110. The summed E-state index contributed by atoms with van der Waals surface area (Å²) in [5.74, 6) is 1.87. The Kier molecular flexibility index (Phi) is 6.27. The van der Waals surface area contributed by atoms with Crippen LogP contribution >= 0.6 is 12.6 Å². The van der Waals surface area contributed by atoms with Crippen LogP contribution in [0.5, 0.6) is 11.5 Å². The highest BCUT2D eigenvalue weighted by atomic mass is 32.1. The molecule has 1 aliphatic heterocycles. The lowest BCUT2D eigenvalue weighted by Gasteiger charge is -2.31. The Labute approximate surface area is 186 Å². The fraction of sp³-hybridized carbons (Fsp3) is 0.261. The molecular formula is C23H24N4O3S. The second kappa shape index (κ2) is 9.26. The maximum absolute atomic E-state index is 11.8. The summed E-state index contributed by atoms with van der Waals surface area (Å²) in [7, 11) is 1.61. The van der Waals surface area contributed by atoms with Gasteiger partial charge in [-0.3, -0.25) is 4.79 Å². The lowest BCUT2D eigenvalue weighted by Crippen LogP contribution is -2.41. The number of hydrogen-bond donors (Lipinski definition) is 2. The Balaban J connectivity index is 1.60. The Morgan fingerprint density at radius 3 is 2.74 bits per heavy atom. The van der Waals surface area contributed by atoms with E-state index in [4.69, 9.17) is 9.47 Å². The smallest absolute Gasteiger partial charge is 0.245 e. The number of nitrogens with zero attached hydrogens (tertiary/aromatic N) is 3. The first-order valence-electron chi connectivity index (χ1n) is 10.0. The molecule has 0 atom stereocenters. The van der Waals surface area contributed by atoms with Gasteiger partial charge in [0.25, 0.3) is 0 Å². The Morgan fingerprint density at radius 1 is 1.23 bits per heavy atom. The van der Waals surface area contributed by atoms with E-state index in [-0.39, 0.29) is 12.0 Å². The molecule has 31 heavy (non-hydrogen) atoms. The van der Waals surface area contributed by atoms with Crippen molar-refractivity contribution in [2.24, 2.45) is 0 Å². The standard InChI is InChI=1S/C23H24N4O3S/c1-3-22(28)27-9-7-16(8-10-27)30-21-12-18-19(13-20(21)29-2)24-14-25-23(18)26-15-5-4-6-17(31)11-15/h3-6,11-14,16,31H,1,7-10H2,2H3,(H,24,25,26). The highest BCUT2D eigenvalue weighted by Gasteiger charge is 2.24. The number of anilines is 2. The van der Waals surface area contributed by atoms with E-state index in [0.29, 0.717) is 30.4 Å². The molecule has 2 aromatic carbocycles. The zero-order chi connectivity index (χ0) is 21.8. The minimum absolute atomic E-state index is 0.0119. The third kappa shape index (κ3) is 4.74. The number of thiol groups is 1. The monoisotopic (exact) mass is 436 g/mol. The van der Waals surface area contributed by atoms with Gasteiger partial charge >= 0.3 is 0 Å². The summed E-state index contributed by atoms with van der Waals surface area (Å²) in [6.07, 6.45) is 4.34. The van der Waals surface area contributed by atoms with Crippen molar-refractivity contribution < 1.29 is 14.3 Å². The average Bonchev–Trinajstić information content (AvgIpc) is 2.79. The molecule has 4 rings (SSSR count). The molecule has 8 heteroatoms. The molecule has 0 saturated carbocycles. The largest absolute Gasteiger partial charge is 0.493 e. The number of carbonyl (C=O) groups excluding carboxylic acids is 1. The van der Waals surface area contributed by atoms with Crippen molar-refractivity contribution in [1.82, 2.24) is 14.9 Å². The fourth-order valence-corrected chi connectivity index (χ4v) is 3.86. The first-order valence-corrected chi connectivity index (χ1v) is 10.5. The molecule has 0 bridgehead atoms. The van der Waals surface area contributed by atoms with Gasteiger partial charge in [-0.1, -0.05) is 12.6 Å². The van der Waals surface area contributed by atoms with Crippen molar-refractivity contribution >= 4 is 40.9 Å². The number of hydrogen-bond acceptors (Lipinski definition) is 7. The summed E-state index contributed by atoms with van der Waals surface area (Å²) in [6.45, 7) is 4.84. The first kappa shape index (κ1) is 21.0. The third-order valence-electron chi connectivity index (χ3n) is 5.25. The molecule has 1 fully saturated rings. The van der Waals surface area contributed by atoms with E-state index >= 15 is 0 Å². The van der Waals surface area contributed by atoms with Crippen LogP contribution in [0.2, 0.25) is 0 Å². The number of piperidine rings is 1. The van der Waals surface area contributed by atoms with Crippen molar-refractivity contribution in [3.05, 3.63) is 55.4 Å². The van der Waals surface area contributed by atoms with Gasteiger partial charge in [0.2, 0.25) is 5.91 Å². The summed E-state index contributed by atoms with van der Waals surface area (Å²) in [5, 5.41) is 4.15. The maximum atomic E-state index is 11.8. The number of rotatable bonds is 6. The van der Waals surface area contributed by atoms with Gasteiger partial charge in [-0.15, -0.1) is 12.6 Å². The van der Waals surface area contributed by atoms with Crippen LogP contribution < -0.4 is 14.8 Å². The van der Waals surface area contributed by atoms with Gasteiger partial charge < -0.3 is 19.7 Å². The molecular weight excluding hydrogens is 412 g/mol. The van der Waals surface area contributed by atoms with Crippen LogP contribution in [0.1, 0.15) is 12.8 Å². The molecule has 0 unspecified atom stereocenters. The third-order valence-corrected chi connectivity index (χ3v) is 5.53. The van der Waals surface area contributed by atoms with Crippen LogP contribution in [0.15, 0.2) is 60.3 Å². The number of benzene rings is 2. The molecule has 3 aromatic rings. The number of nitrogens with one attached hydrogen (secondary N) is 1. The quantitative estimate of drug-likeness (QED) is 0.445. The second-order valence-corrected chi connectivity index (χ2v) is 7.78. The summed E-state index contributed by atoms with van der Waals surface area (Å²) in [5.41, 5.74) is 1.63. The SMILES string of the molecule is C=CC(=O)N1CCC(Oc2cc3c(Nc4cccc(S)c4)ncnc3cc2OC)CC1.